The molecule has 0 aromatic heterocycles. The number of hydrogen-bond acceptors (Lipinski definition) is 4. The molecule has 114 valence electrons. The number of nitrogens with one attached hydrogen (secondary N) is 3. The van der Waals surface area contributed by atoms with Crippen LogP contribution in [-0.2, 0) is 14.8 Å². The molecule has 3 fully saturated rings. The molecule has 3 aliphatic rings. The average Bonchev–Trinajstić information content (AvgIpc) is 3.01. The van der Waals surface area contributed by atoms with E-state index in [0.29, 0.717) is 17.3 Å². The van der Waals surface area contributed by atoms with Gasteiger partial charge in [-0.2, -0.15) is 0 Å². The standard InChI is InChI=1S/C14H19N3O3S/c1-2-21(19,20)17-12-5-3-11(4-6-12)16-13(18)14-7-10(8-14)9-15-14/h3-6,10,15,17H,2,7-9H2,1H3,(H,16,18). The number of carbonyl (C=O) groups is 1. The van der Waals surface area contributed by atoms with Crippen LogP contribution in [0.4, 0.5) is 11.4 Å². The van der Waals surface area contributed by atoms with Gasteiger partial charge in [0.05, 0.1) is 11.3 Å². The molecule has 1 aromatic rings. The fraction of sp³-hybridized carbons (Fsp3) is 0.500. The third-order valence-electron chi connectivity index (χ3n) is 4.23. The first-order valence-corrected chi connectivity index (χ1v) is 8.75. The third-order valence-corrected chi connectivity index (χ3v) is 5.54. The van der Waals surface area contributed by atoms with Gasteiger partial charge in [0.25, 0.3) is 0 Å². The first-order chi connectivity index (χ1) is 9.92. The van der Waals surface area contributed by atoms with Crippen molar-refractivity contribution < 1.29 is 13.2 Å². The van der Waals surface area contributed by atoms with E-state index in [1.807, 2.05) is 0 Å². The van der Waals surface area contributed by atoms with E-state index in [4.69, 9.17) is 0 Å². The molecule has 1 saturated carbocycles. The predicted octanol–water partition coefficient (Wildman–Crippen LogP) is 1.14. The Hall–Kier alpha value is -1.60. The van der Waals surface area contributed by atoms with E-state index in [1.54, 1.807) is 31.2 Å². The van der Waals surface area contributed by atoms with E-state index >= 15 is 0 Å². The van der Waals surface area contributed by atoms with Gasteiger partial charge in [0.2, 0.25) is 15.9 Å². The van der Waals surface area contributed by atoms with Crippen molar-refractivity contribution in [2.75, 3.05) is 22.3 Å². The Kier molecular flexibility index (Phi) is 3.41. The fourth-order valence-corrected chi connectivity index (χ4v) is 3.58. The van der Waals surface area contributed by atoms with Gasteiger partial charge in [0, 0.05) is 11.4 Å². The van der Waals surface area contributed by atoms with Crippen LogP contribution in [0.25, 0.3) is 0 Å². The van der Waals surface area contributed by atoms with Gasteiger partial charge in [-0.15, -0.1) is 0 Å². The number of sulfonamides is 1. The Bertz CT molecular complexity index is 643. The zero-order valence-corrected chi connectivity index (χ0v) is 12.7. The van der Waals surface area contributed by atoms with Crippen LogP contribution in [0.3, 0.4) is 0 Å². The van der Waals surface area contributed by atoms with Crippen molar-refractivity contribution in [2.45, 2.75) is 25.3 Å². The van der Waals surface area contributed by atoms with Crippen molar-refractivity contribution in [3.63, 3.8) is 0 Å². The first-order valence-electron chi connectivity index (χ1n) is 7.09. The highest BCUT2D eigenvalue weighted by Gasteiger charge is 2.55. The second-order valence-electron chi connectivity index (χ2n) is 5.77. The molecule has 2 saturated heterocycles. The number of amides is 1. The van der Waals surface area contributed by atoms with Crippen LogP contribution in [0, 0.1) is 5.92 Å². The SMILES string of the molecule is CCS(=O)(=O)Nc1ccc(NC(=O)C23CC(CN2)C3)cc1. The summed E-state index contributed by atoms with van der Waals surface area (Å²) in [5.41, 5.74) is 0.786. The van der Waals surface area contributed by atoms with E-state index in [0.717, 1.165) is 19.4 Å². The Morgan fingerprint density at radius 1 is 1.29 bits per heavy atom. The number of hydrogen-bond donors (Lipinski definition) is 3. The van der Waals surface area contributed by atoms with E-state index in [-0.39, 0.29) is 17.2 Å². The van der Waals surface area contributed by atoms with Crippen LogP contribution in [0.2, 0.25) is 0 Å². The Balaban J connectivity index is 1.63. The molecule has 7 heteroatoms. The summed E-state index contributed by atoms with van der Waals surface area (Å²) in [5, 5.41) is 6.16. The molecule has 0 atom stereocenters. The second-order valence-corrected chi connectivity index (χ2v) is 7.79. The molecule has 1 aliphatic carbocycles. The molecule has 2 aliphatic heterocycles. The molecular formula is C14H19N3O3S. The Labute approximate surface area is 124 Å². The normalized spacial score (nSPS) is 27.0. The summed E-state index contributed by atoms with van der Waals surface area (Å²) < 4.78 is 25.4. The molecule has 4 rings (SSSR count). The molecule has 0 spiro atoms. The minimum Gasteiger partial charge on any atom is -0.324 e. The van der Waals surface area contributed by atoms with Crippen LogP contribution in [0.5, 0.6) is 0 Å². The van der Waals surface area contributed by atoms with Crippen molar-refractivity contribution in [1.82, 2.24) is 5.32 Å². The van der Waals surface area contributed by atoms with Crippen molar-refractivity contribution in [1.29, 1.82) is 0 Å². The minimum atomic E-state index is -3.27. The number of rotatable bonds is 5. The number of carbonyl (C=O) groups excluding carboxylic acids is 1. The molecule has 0 radical (unpaired) electrons. The molecule has 2 bridgehead atoms. The molecule has 1 amide bonds. The first kappa shape index (κ1) is 14.3. The largest absolute Gasteiger partial charge is 0.324 e. The maximum absolute atomic E-state index is 12.2. The number of benzene rings is 1. The third kappa shape index (κ3) is 2.75. The van der Waals surface area contributed by atoms with E-state index in [2.05, 4.69) is 15.4 Å². The van der Waals surface area contributed by atoms with Gasteiger partial charge in [-0.3, -0.25) is 9.52 Å². The van der Waals surface area contributed by atoms with Crippen LogP contribution in [0.15, 0.2) is 24.3 Å². The van der Waals surface area contributed by atoms with Crippen molar-refractivity contribution in [2.24, 2.45) is 5.92 Å². The number of anilines is 2. The summed E-state index contributed by atoms with van der Waals surface area (Å²) in [6.45, 7) is 2.50. The molecule has 21 heavy (non-hydrogen) atoms. The monoisotopic (exact) mass is 309 g/mol. The van der Waals surface area contributed by atoms with E-state index in [1.165, 1.54) is 0 Å². The van der Waals surface area contributed by atoms with Crippen molar-refractivity contribution >= 4 is 27.3 Å². The van der Waals surface area contributed by atoms with Crippen molar-refractivity contribution in [3.05, 3.63) is 24.3 Å². The Morgan fingerprint density at radius 3 is 2.43 bits per heavy atom. The lowest BCUT2D eigenvalue weighted by molar-refractivity contribution is -0.124. The zero-order valence-electron chi connectivity index (χ0n) is 11.8. The van der Waals surface area contributed by atoms with Gasteiger partial charge in [-0.05, 0) is 56.5 Å². The smallest absolute Gasteiger partial charge is 0.244 e. The average molecular weight is 309 g/mol. The summed E-state index contributed by atoms with van der Waals surface area (Å²) in [6.07, 6.45) is 1.82. The summed E-state index contributed by atoms with van der Waals surface area (Å²) in [5.74, 6) is 0.667. The van der Waals surface area contributed by atoms with Gasteiger partial charge in [-0.25, -0.2) is 8.42 Å². The van der Waals surface area contributed by atoms with Gasteiger partial charge >= 0.3 is 0 Å². The molecule has 6 nitrogen and oxygen atoms in total. The topological polar surface area (TPSA) is 87.3 Å². The lowest BCUT2D eigenvalue weighted by Crippen LogP contribution is -2.53. The lowest BCUT2D eigenvalue weighted by atomic mass is 9.73. The van der Waals surface area contributed by atoms with Crippen LogP contribution in [0.1, 0.15) is 19.8 Å². The van der Waals surface area contributed by atoms with Crippen LogP contribution >= 0.6 is 0 Å². The zero-order chi connectivity index (χ0) is 15.1. The summed E-state index contributed by atoms with van der Waals surface area (Å²) in [7, 11) is -3.27. The highest BCUT2D eigenvalue weighted by molar-refractivity contribution is 7.92. The predicted molar refractivity (Wildman–Crippen MR) is 81.6 cm³/mol. The Morgan fingerprint density at radius 2 is 1.90 bits per heavy atom. The van der Waals surface area contributed by atoms with Gasteiger partial charge in [0.15, 0.2) is 0 Å². The maximum atomic E-state index is 12.2. The van der Waals surface area contributed by atoms with Crippen molar-refractivity contribution in [3.8, 4) is 0 Å². The van der Waals surface area contributed by atoms with Gasteiger partial charge in [-0.1, -0.05) is 0 Å². The van der Waals surface area contributed by atoms with Crippen LogP contribution in [-0.4, -0.2) is 32.2 Å². The second kappa shape index (κ2) is 4.99. The summed E-state index contributed by atoms with van der Waals surface area (Å²) in [4.78, 5) is 12.2. The van der Waals surface area contributed by atoms with E-state index in [9.17, 15) is 13.2 Å². The van der Waals surface area contributed by atoms with E-state index < -0.39 is 10.0 Å². The molecule has 3 N–H and O–H groups in total. The van der Waals surface area contributed by atoms with Gasteiger partial charge in [0.1, 0.15) is 0 Å². The minimum absolute atomic E-state index is 0.00172. The molecular weight excluding hydrogens is 290 g/mol. The summed E-state index contributed by atoms with van der Waals surface area (Å²) in [6, 6.07) is 6.69. The maximum Gasteiger partial charge on any atom is 0.244 e. The van der Waals surface area contributed by atoms with Gasteiger partial charge < -0.3 is 10.6 Å². The molecule has 0 unspecified atom stereocenters. The molecule has 2 heterocycles. The molecule has 1 aromatic carbocycles. The quantitative estimate of drug-likeness (QED) is 0.761. The summed E-state index contributed by atoms with van der Waals surface area (Å²) >= 11 is 0. The highest BCUT2D eigenvalue weighted by atomic mass is 32.2. The lowest BCUT2D eigenvalue weighted by Gasteiger charge is -2.35. The fourth-order valence-electron chi connectivity index (χ4n) is 2.94. The van der Waals surface area contributed by atoms with Crippen LogP contribution < -0.4 is 15.4 Å². The highest BCUT2D eigenvalue weighted by Crippen LogP contribution is 2.44. The number of fused-ring (bicyclic) bond motifs is 1.